The van der Waals surface area contributed by atoms with Crippen LogP contribution in [0.1, 0.15) is 21.8 Å². The van der Waals surface area contributed by atoms with Crippen molar-refractivity contribution in [3.63, 3.8) is 0 Å². The van der Waals surface area contributed by atoms with E-state index in [9.17, 15) is 4.79 Å². The molecule has 2 aromatic carbocycles. The molecule has 0 fully saturated rings. The number of carbonyl (C=O) groups is 1. The van der Waals surface area contributed by atoms with Gasteiger partial charge in [0, 0.05) is 11.3 Å². The highest BCUT2D eigenvalue weighted by atomic mass is 32.2. The minimum absolute atomic E-state index is 0.168. The number of nitrogens with one attached hydrogen (secondary N) is 1. The normalized spacial score (nSPS) is 10.9. The molecule has 1 amide bonds. The maximum Gasteiger partial charge on any atom is 0.276 e. The zero-order valence-electron chi connectivity index (χ0n) is 13.5. The third-order valence-electron chi connectivity index (χ3n) is 3.30. The highest BCUT2D eigenvalue weighted by molar-refractivity contribution is 7.99. The number of hydrogen-bond acceptors (Lipinski definition) is 5. The molecular weight excluding hydrogens is 334 g/mol. The van der Waals surface area contributed by atoms with E-state index in [2.05, 4.69) is 15.5 Å². The van der Waals surface area contributed by atoms with Gasteiger partial charge in [-0.15, -0.1) is 10.2 Å². The Labute approximate surface area is 150 Å². The van der Waals surface area contributed by atoms with Gasteiger partial charge in [0.15, 0.2) is 0 Å². The van der Waals surface area contributed by atoms with Gasteiger partial charge in [-0.2, -0.15) is 0 Å². The molecule has 0 aliphatic rings. The van der Waals surface area contributed by atoms with Gasteiger partial charge in [0.1, 0.15) is 0 Å². The van der Waals surface area contributed by atoms with Crippen molar-refractivity contribution < 1.29 is 9.21 Å². The van der Waals surface area contributed by atoms with E-state index in [1.165, 1.54) is 11.8 Å². The smallest absolute Gasteiger partial charge is 0.276 e. The van der Waals surface area contributed by atoms with Gasteiger partial charge < -0.3 is 9.73 Å². The van der Waals surface area contributed by atoms with E-state index < -0.39 is 0 Å². The number of rotatable bonds is 7. The molecule has 1 heterocycles. The molecule has 3 aromatic rings. The summed E-state index contributed by atoms with van der Waals surface area (Å²) in [5, 5.41) is 11.2. The van der Waals surface area contributed by atoms with Gasteiger partial charge in [-0.3, -0.25) is 4.79 Å². The van der Waals surface area contributed by atoms with Crippen LogP contribution in [0.15, 0.2) is 76.4 Å². The summed E-state index contributed by atoms with van der Waals surface area (Å²) in [5.41, 5.74) is 1.75. The highest BCUT2D eigenvalue weighted by Crippen LogP contribution is 2.16. The molecule has 0 aliphatic heterocycles. The molecule has 0 saturated heterocycles. The molecule has 0 spiro atoms. The summed E-state index contributed by atoms with van der Waals surface area (Å²) in [4.78, 5) is 12.0. The fourth-order valence-corrected chi connectivity index (χ4v) is 2.67. The Morgan fingerprint density at radius 1 is 1.04 bits per heavy atom. The molecule has 0 unspecified atom stereocenters. The Kier molecular flexibility index (Phi) is 6.01. The van der Waals surface area contributed by atoms with Crippen molar-refractivity contribution in [3.8, 4) is 0 Å². The summed E-state index contributed by atoms with van der Waals surface area (Å²) in [7, 11) is 0. The number of nitrogens with zero attached hydrogens (tertiary/aromatic N) is 2. The summed E-state index contributed by atoms with van der Waals surface area (Å²) in [5.74, 6) is 0.949. The van der Waals surface area contributed by atoms with E-state index in [-0.39, 0.29) is 12.5 Å². The largest absolute Gasteiger partial charge is 0.414 e. The van der Waals surface area contributed by atoms with Gasteiger partial charge in [0.05, 0.1) is 6.54 Å². The molecule has 25 heavy (non-hydrogen) atoms. The molecule has 126 valence electrons. The van der Waals surface area contributed by atoms with Crippen LogP contribution >= 0.6 is 11.8 Å². The number of benzene rings is 2. The summed E-state index contributed by atoms with van der Waals surface area (Å²) in [6.07, 6.45) is 4.09. The number of aromatic nitrogens is 2. The van der Waals surface area contributed by atoms with Crippen LogP contribution in [-0.2, 0) is 6.54 Å². The van der Waals surface area contributed by atoms with Crippen molar-refractivity contribution in [2.24, 2.45) is 0 Å². The zero-order valence-corrected chi connectivity index (χ0v) is 14.3. The van der Waals surface area contributed by atoms with E-state index in [0.29, 0.717) is 16.7 Å². The Morgan fingerprint density at radius 2 is 1.76 bits per heavy atom. The third kappa shape index (κ3) is 5.32. The lowest BCUT2D eigenvalue weighted by atomic mass is 10.2. The highest BCUT2D eigenvalue weighted by Gasteiger charge is 2.09. The molecule has 0 bridgehead atoms. The van der Waals surface area contributed by atoms with Crippen LogP contribution in [-0.4, -0.2) is 21.9 Å². The lowest BCUT2D eigenvalue weighted by Crippen LogP contribution is -2.22. The zero-order chi connectivity index (χ0) is 17.3. The second-order valence-corrected chi connectivity index (χ2v) is 6.11. The standard InChI is InChI=1S/C19H17N3O2S/c23-18(16-11-5-2-6-12-16)20-14-17-21-22-19(24-17)25-13-7-10-15-8-3-1-4-9-15/h1-12H,13-14H2,(H,20,23). The summed E-state index contributed by atoms with van der Waals surface area (Å²) in [6.45, 7) is 0.209. The number of thioether (sulfide) groups is 1. The van der Waals surface area contributed by atoms with Gasteiger partial charge in [0.2, 0.25) is 5.89 Å². The van der Waals surface area contributed by atoms with E-state index in [0.717, 1.165) is 11.3 Å². The predicted molar refractivity (Wildman–Crippen MR) is 98.1 cm³/mol. The van der Waals surface area contributed by atoms with Gasteiger partial charge >= 0.3 is 0 Å². The van der Waals surface area contributed by atoms with Gasteiger partial charge in [0.25, 0.3) is 11.1 Å². The van der Waals surface area contributed by atoms with Gasteiger partial charge in [-0.1, -0.05) is 72.4 Å². The van der Waals surface area contributed by atoms with Crippen LogP contribution in [0.3, 0.4) is 0 Å². The first kappa shape index (κ1) is 17.0. The monoisotopic (exact) mass is 351 g/mol. The summed E-state index contributed by atoms with van der Waals surface area (Å²) in [6, 6.07) is 19.1. The third-order valence-corrected chi connectivity index (χ3v) is 4.07. The molecule has 0 atom stereocenters. The van der Waals surface area contributed by atoms with E-state index in [4.69, 9.17) is 4.42 Å². The molecule has 1 aromatic heterocycles. The Morgan fingerprint density at radius 3 is 2.52 bits per heavy atom. The second kappa shape index (κ2) is 8.84. The molecule has 0 aliphatic carbocycles. The molecular formula is C19H17N3O2S. The van der Waals surface area contributed by atoms with Crippen molar-refractivity contribution in [1.82, 2.24) is 15.5 Å². The lowest BCUT2D eigenvalue weighted by molar-refractivity contribution is 0.0946. The van der Waals surface area contributed by atoms with Crippen LogP contribution < -0.4 is 5.32 Å². The minimum Gasteiger partial charge on any atom is -0.414 e. The number of amides is 1. The summed E-state index contributed by atoms with van der Waals surface area (Å²) >= 11 is 1.45. The van der Waals surface area contributed by atoms with Gasteiger partial charge in [-0.25, -0.2) is 0 Å². The SMILES string of the molecule is O=C(NCc1nnc(SCC=Cc2ccccc2)o1)c1ccccc1. The molecule has 0 radical (unpaired) electrons. The van der Waals surface area contributed by atoms with Crippen LogP contribution in [0.2, 0.25) is 0 Å². The first-order valence-corrected chi connectivity index (χ1v) is 8.80. The molecule has 0 saturated carbocycles. The fraction of sp³-hybridized carbons (Fsp3) is 0.105. The minimum atomic E-state index is -0.168. The average molecular weight is 351 g/mol. The van der Waals surface area contributed by atoms with Crippen LogP contribution in [0.5, 0.6) is 0 Å². The fourth-order valence-electron chi connectivity index (χ4n) is 2.08. The Hall–Kier alpha value is -2.86. The van der Waals surface area contributed by atoms with Crippen molar-refractivity contribution in [3.05, 3.63) is 83.8 Å². The first-order valence-electron chi connectivity index (χ1n) is 7.81. The van der Waals surface area contributed by atoms with E-state index >= 15 is 0 Å². The number of hydrogen-bond donors (Lipinski definition) is 1. The van der Waals surface area contributed by atoms with E-state index in [1.54, 1.807) is 12.1 Å². The number of carbonyl (C=O) groups excluding carboxylic acids is 1. The van der Waals surface area contributed by atoms with Crippen LogP contribution in [0.25, 0.3) is 6.08 Å². The van der Waals surface area contributed by atoms with Crippen molar-refractivity contribution >= 4 is 23.7 Å². The Bertz CT molecular complexity index is 832. The molecule has 3 rings (SSSR count). The maximum absolute atomic E-state index is 12.0. The topological polar surface area (TPSA) is 68.0 Å². The molecule has 6 heteroatoms. The van der Waals surface area contributed by atoms with Gasteiger partial charge in [-0.05, 0) is 17.7 Å². The van der Waals surface area contributed by atoms with Crippen LogP contribution in [0.4, 0.5) is 0 Å². The van der Waals surface area contributed by atoms with Crippen molar-refractivity contribution in [1.29, 1.82) is 0 Å². The summed E-state index contributed by atoms with van der Waals surface area (Å²) < 4.78 is 5.51. The predicted octanol–water partition coefficient (Wildman–Crippen LogP) is 3.81. The quantitative estimate of drug-likeness (QED) is 0.656. The molecule has 5 nitrogen and oxygen atoms in total. The first-order chi connectivity index (χ1) is 12.3. The second-order valence-electron chi connectivity index (χ2n) is 5.13. The molecule has 1 N–H and O–H groups in total. The lowest BCUT2D eigenvalue weighted by Gasteiger charge is -2.01. The van der Waals surface area contributed by atoms with Crippen molar-refractivity contribution in [2.75, 3.05) is 5.75 Å². The average Bonchev–Trinajstić information content (AvgIpc) is 3.13. The van der Waals surface area contributed by atoms with Crippen LogP contribution in [0, 0.1) is 0 Å². The maximum atomic E-state index is 12.0. The Balaban J connectivity index is 1.44. The van der Waals surface area contributed by atoms with Crippen molar-refractivity contribution in [2.45, 2.75) is 11.8 Å². The van der Waals surface area contributed by atoms with E-state index in [1.807, 2.05) is 60.7 Å².